The van der Waals surface area contributed by atoms with Gasteiger partial charge in [-0.1, -0.05) is 35.3 Å². The molecule has 2 aromatic rings. The molecule has 7 heteroatoms. The summed E-state index contributed by atoms with van der Waals surface area (Å²) in [5.41, 5.74) is 1.73. The standard InChI is InChI=1S/C22H26Cl2N2O3/c1-14(2)25-22(28)16(4)26(12-17-5-7-18(23)8-6-17)21(27)13-29-19-9-10-20(24)15(3)11-19/h5-11,14,16H,12-13H2,1-4H3,(H,25,28)/t16-/m1/s1. The fourth-order valence-corrected chi connectivity index (χ4v) is 2.95. The molecule has 2 rings (SSSR count). The molecule has 0 heterocycles. The van der Waals surface area contributed by atoms with Gasteiger partial charge >= 0.3 is 0 Å². The number of carbonyl (C=O) groups is 2. The van der Waals surface area contributed by atoms with Gasteiger partial charge in [0.05, 0.1) is 0 Å². The summed E-state index contributed by atoms with van der Waals surface area (Å²) in [4.78, 5) is 27.0. The van der Waals surface area contributed by atoms with Crippen molar-refractivity contribution in [1.82, 2.24) is 10.2 Å². The predicted octanol–water partition coefficient (Wildman–Crippen LogP) is 4.62. The molecule has 5 nitrogen and oxygen atoms in total. The first-order valence-electron chi connectivity index (χ1n) is 9.40. The molecule has 2 amide bonds. The van der Waals surface area contributed by atoms with Crippen molar-refractivity contribution in [1.29, 1.82) is 0 Å². The number of rotatable bonds is 8. The maximum Gasteiger partial charge on any atom is 0.261 e. The summed E-state index contributed by atoms with van der Waals surface area (Å²) >= 11 is 12.0. The maximum atomic E-state index is 12.9. The largest absolute Gasteiger partial charge is 0.484 e. The number of nitrogens with zero attached hydrogens (tertiary/aromatic N) is 1. The Labute approximate surface area is 181 Å². The summed E-state index contributed by atoms with van der Waals surface area (Å²) in [5, 5.41) is 4.09. The van der Waals surface area contributed by atoms with E-state index in [1.807, 2.05) is 32.9 Å². The molecule has 0 fully saturated rings. The average Bonchev–Trinajstić information content (AvgIpc) is 2.67. The number of hydrogen-bond acceptors (Lipinski definition) is 3. The summed E-state index contributed by atoms with van der Waals surface area (Å²) in [6.07, 6.45) is 0. The van der Waals surface area contributed by atoms with E-state index < -0.39 is 6.04 Å². The molecule has 0 bridgehead atoms. The monoisotopic (exact) mass is 436 g/mol. The number of benzene rings is 2. The molecule has 2 aromatic carbocycles. The minimum absolute atomic E-state index is 0.0225. The number of hydrogen-bond donors (Lipinski definition) is 1. The highest BCUT2D eigenvalue weighted by Crippen LogP contribution is 2.21. The molecule has 0 aromatic heterocycles. The van der Waals surface area contributed by atoms with Crippen LogP contribution in [0.1, 0.15) is 31.9 Å². The maximum absolute atomic E-state index is 12.9. The second-order valence-electron chi connectivity index (χ2n) is 7.19. The Hall–Kier alpha value is -2.24. The molecule has 0 radical (unpaired) electrons. The Bertz CT molecular complexity index is 854. The van der Waals surface area contributed by atoms with Crippen LogP contribution in [0.5, 0.6) is 5.75 Å². The van der Waals surface area contributed by atoms with E-state index in [2.05, 4.69) is 5.32 Å². The minimum Gasteiger partial charge on any atom is -0.484 e. The molecule has 0 saturated heterocycles. The van der Waals surface area contributed by atoms with E-state index >= 15 is 0 Å². The van der Waals surface area contributed by atoms with Gasteiger partial charge in [-0.05, 0) is 69.2 Å². The van der Waals surface area contributed by atoms with Crippen molar-refractivity contribution in [3.05, 3.63) is 63.6 Å². The molecule has 0 unspecified atom stereocenters. The third kappa shape index (κ3) is 6.94. The molecule has 0 saturated carbocycles. The number of halogens is 2. The van der Waals surface area contributed by atoms with Crippen LogP contribution in [0, 0.1) is 6.92 Å². The number of nitrogens with one attached hydrogen (secondary N) is 1. The lowest BCUT2D eigenvalue weighted by Gasteiger charge is -2.29. The van der Waals surface area contributed by atoms with Crippen molar-refractivity contribution in [2.75, 3.05) is 6.61 Å². The highest BCUT2D eigenvalue weighted by atomic mass is 35.5. The Kier molecular flexibility index (Phi) is 8.35. The van der Waals surface area contributed by atoms with Crippen LogP contribution in [0.25, 0.3) is 0 Å². The van der Waals surface area contributed by atoms with E-state index in [0.29, 0.717) is 15.8 Å². The van der Waals surface area contributed by atoms with Crippen LogP contribution in [-0.2, 0) is 16.1 Å². The second-order valence-corrected chi connectivity index (χ2v) is 8.03. The van der Waals surface area contributed by atoms with Crippen LogP contribution in [0.3, 0.4) is 0 Å². The fraction of sp³-hybridized carbons (Fsp3) is 0.364. The van der Waals surface area contributed by atoms with Crippen LogP contribution in [0.4, 0.5) is 0 Å². The second kappa shape index (κ2) is 10.5. The van der Waals surface area contributed by atoms with Gasteiger partial charge in [-0.15, -0.1) is 0 Å². The molecule has 1 N–H and O–H groups in total. The molecular weight excluding hydrogens is 411 g/mol. The van der Waals surface area contributed by atoms with Crippen LogP contribution in [0.2, 0.25) is 10.0 Å². The van der Waals surface area contributed by atoms with E-state index in [0.717, 1.165) is 11.1 Å². The first kappa shape index (κ1) is 23.0. The van der Waals surface area contributed by atoms with Gasteiger partial charge in [-0.25, -0.2) is 0 Å². The van der Waals surface area contributed by atoms with Crippen LogP contribution >= 0.6 is 23.2 Å². The van der Waals surface area contributed by atoms with E-state index in [1.165, 1.54) is 4.90 Å². The third-order valence-corrected chi connectivity index (χ3v) is 5.03. The number of ether oxygens (including phenoxy) is 1. The molecule has 0 spiro atoms. The Balaban J connectivity index is 2.15. The van der Waals surface area contributed by atoms with E-state index in [-0.39, 0.29) is 31.0 Å². The quantitative estimate of drug-likeness (QED) is 0.656. The number of carbonyl (C=O) groups excluding carboxylic acids is 2. The van der Waals surface area contributed by atoms with E-state index in [1.54, 1.807) is 37.3 Å². The van der Waals surface area contributed by atoms with Gasteiger partial charge in [0.15, 0.2) is 6.61 Å². The molecule has 0 aliphatic rings. The smallest absolute Gasteiger partial charge is 0.261 e. The van der Waals surface area contributed by atoms with Gasteiger partial charge in [0.25, 0.3) is 5.91 Å². The highest BCUT2D eigenvalue weighted by Gasteiger charge is 2.26. The van der Waals surface area contributed by atoms with Crippen molar-refractivity contribution in [3.63, 3.8) is 0 Å². The van der Waals surface area contributed by atoms with Gasteiger partial charge in [0.2, 0.25) is 5.91 Å². The van der Waals surface area contributed by atoms with Gasteiger partial charge in [0, 0.05) is 22.6 Å². The lowest BCUT2D eigenvalue weighted by atomic mass is 10.1. The molecule has 1 atom stereocenters. The summed E-state index contributed by atoms with van der Waals surface area (Å²) in [6, 6.07) is 11.7. The van der Waals surface area contributed by atoms with E-state index in [9.17, 15) is 9.59 Å². The number of amides is 2. The van der Waals surface area contributed by atoms with Gasteiger partial charge in [-0.3, -0.25) is 9.59 Å². The van der Waals surface area contributed by atoms with Crippen LogP contribution in [0.15, 0.2) is 42.5 Å². The Morgan fingerprint density at radius 1 is 1.07 bits per heavy atom. The molecule has 156 valence electrons. The zero-order valence-electron chi connectivity index (χ0n) is 17.0. The minimum atomic E-state index is -0.656. The molecule has 0 aliphatic carbocycles. The summed E-state index contributed by atoms with van der Waals surface area (Å²) in [6.45, 7) is 7.41. The number of aryl methyl sites for hydroxylation is 1. The topological polar surface area (TPSA) is 58.6 Å². The van der Waals surface area contributed by atoms with Crippen LogP contribution in [-0.4, -0.2) is 35.4 Å². The Morgan fingerprint density at radius 3 is 2.31 bits per heavy atom. The zero-order valence-corrected chi connectivity index (χ0v) is 18.6. The van der Waals surface area contributed by atoms with Crippen molar-refractivity contribution < 1.29 is 14.3 Å². The van der Waals surface area contributed by atoms with Crippen molar-refractivity contribution in [2.24, 2.45) is 0 Å². The Morgan fingerprint density at radius 2 is 1.72 bits per heavy atom. The average molecular weight is 437 g/mol. The summed E-state index contributed by atoms with van der Waals surface area (Å²) in [7, 11) is 0. The van der Waals surface area contributed by atoms with Gasteiger partial charge in [0.1, 0.15) is 11.8 Å². The van der Waals surface area contributed by atoms with E-state index in [4.69, 9.17) is 27.9 Å². The summed E-state index contributed by atoms with van der Waals surface area (Å²) < 4.78 is 5.65. The van der Waals surface area contributed by atoms with Gasteiger partial charge in [-0.2, -0.15) is 0 Å². The lowest BCUT2D eigenvalue weighted by Crippen LogP contribution is -2.50. The van der Waals surface area contributed by atoms with Crippen molar-refractivity contribution >= 4 is 35.0 Å². The van der Waals surface area contributed by atoms with Crippen molar-refractivity contribution in [2.45, 2.75) is 46.3 Å². The lowest BCUT2D eigenvalue weighted by molar-refractivity contribution is -0.142. The molecule has 29 heavy (non-hydrogen) atoms. The first-order chi connectivity index (χ1) is 13.7. The summed E-state index contributed by atoms with van der Waals surface area (Å²) in [5.74, 6) is 0.0367. The zero-order chi connectivity index (χ0) is 21.6. The van der Waals surface area contributed by atoms with Gasteiger partial charge < -0.3 is 15.0 Å². The third-order valence-electron chi connectivity index (χ3n) is 4.36. The van der Waals surface area contributed by atoms with Crippen molar-refractivity contribution in [3.8, 4) is 5.75 Å². The molecule has 0 aliphatic heterocycles. The predicted molar refractivity (Wildman–Crippen MR) is 116 cm³/mol. The highest BCUT2D eigenvalue weighted by molar-refractivity contribution is 6.31. The SMILES string of the molecule is Cc1cc(OCC(=O)N(Cc2ccc(Cl)cc2)[C@H](C)C(=O)NC(C)C)ccc1Cl. The molecular formula is C22H26Cl2N2O3. The fourth-order valence-electron chi connectivity index (χ4n) is 2.71. The first-order valence-corrected chi connectivity index (χ1v) is 10.2. The van der Waals surface area contributed by atoms with Crippen LogP contribution < -0.4 is 10.1 Å². The normalized spacial score (nSPS) is 11.8.